The first kappa shape index (κ1) is 39.7. The van der Waals surface area contributed by atoms with Gasteiger partial charge in [-0.3, -0.25) is 18.6 Å². The smallest absolute Gasteiger partial charge is 0.356 e. The van der Waals surface area contributed by atoms with Crippen LogP contribution in [0.25, 0.3) is 22.5 Å². The number of fused-ring (bicyclic) bond motifs is 5. The number of phosphoric ester groups is 1. The second kappa shape index (κ2) is 21.4. The third-order valence-corrected chi connectivity index (χ3v) is 7.59. The van der Waals surface area contributed by atoms with Crippen molar-refractivity contribution in [2.24, 2.45) is 7.05 Å². The normalized spacial score (nSPS) is 12.4. The van der Waals surface area contributed by atoms with Crippen LogP contribution >= 0.6 is 7.82 Å². The van der Waals surface area contributed by atoms with E-state index in [1.165, 1.54) is 0 Å². The maximum atomic E-state index is 13.5. The topological polar surface area (TPSA) is 136 Å². The fourth-order valence-corrected chi connectivity index (χ4v) is 5.07. The molecule has 0 saturated carbocycles. The molecule has 2 heterocycles. The Morgan fingerprint density at radius 3 is 2.24 bits per heavy atom. The van der Waals surface area contributed by atoms with E-state index >= 15 is 0 Å². The molecule has 45 heavy (non-hydrogen) atoms. The molecular weight excluding hydrogens is 593 g/mol. The minimum Gasteiger partial charge on any atom is -0.356 e. The lowest BCUT2D eigenvalue weighted by Crippen LogP contribution is -2.33. The first-order valence-electron chi connectivity index (χ1n) is 16.0. The number of phosphoric acid groups is 1. The summed E-state index contributed by atoms with van der Waals surface area (Å²) >= 11 is 0. The lowest BCUT2D eigenvalue weighted by molar-refractivity contribution is -0.125. The number of aryl methyl sites for hydroxylation is 1. The highest BCUT2D eigenvalue weighted by molar-refractivity contribution is 7.47. The maximum Gasteiger partial charge on any atom is 0.471 e. The molecule has 0 aliphatic carbocycles. The van der Waals surface area contributed by atoms with Gasteiger partial charge in [0.25, 0.3) is 0 Å². The van der Waals surface area contributed by atoms with E-state index in [1.807, 2.05) is 97.1 Å². The number of benzene rings is 2. The molecule has 1 aromatic heterocycles. The van der Waals surface area contributed by atoms with E-state index in [0.29, 0.717) is 25.2 Å². The van der Waals surface area contributed by atoms with E-state index < -0.39 is 7.82 Å². The number of para-hydroxylation sites is 1. The van der Waals surface area contributed by atoms with Crippen LogP contribution in [0.15, 0.2) is 48.5 Å². The molecule has 1 unspecified atom stereocenters. The lowest BCUT2D eigenvalue weighted by atomic mass is 9.95. The van der Waals surface area contributed by atoms with Crippen molar-refractivity contribution in [3.05, 3.63) is 54.1 Å². The molecular formula is C33H54N5O6P. The van der Waals surface area contributed by atoms with E-state index in [9.17, 15) is 19.0 Å². The van der Waals surface area contributed by atoms with Gasteiger partial charge in [0.15, 0.2) is 0 Å². The van der Waals surface area contributed by atoms with E-state index in [1.54, 1.807) is 9.58 Å². The molecule has 252 valence electrons. The average molecular weight is 648 g/mol. The zero-order chi connectivity index (χ0) is 33.8. The van der Waals surface area contributed by atoms with Crippen LogP contribution in [0, 0.1) is 0 Å². The van der Waals surface area contributed by atoms with Gasteiger partial charge < -0.3 is 15.1 Å². The number of nitrogens with one attached hydrogen (secondary N) is 1. The van der Waals surface area contributed by atoms with Gasteiger partial charge >= 0.3 is 7.82 Å². The Bertz CT molecular complexity index is 1370. The Kier molecular flexibility index (Phi) is 18.8. The number of carbonyl (C=O) groups excluding carboxylic acids is 2. The largest absolute Gasteiger partial charge is 0.471 e. The number of amides is 2. The summed E-state index contributed by atoms with van der Waals surface area (Å²) in [7, 11) is -0.936. The molecule has 2 N–H and O–H groups in total. The number of carbonyl (C=O) groups is 2. The van der Waals surface area contributed by atoms with Crippen molar-refractivity contribution in [3.8, 4) is 22.5 Å². The SMILES string of the molecule is CC.CC.CC.COP(=O)(O)OCCCCCCNC(=O)CCC(=O)N1Cc2ccccc2-c2c(nnn2C)-c2ccccc21.[HH]. The zero-order valence-corrected chi connectivity index (χ0v) is 29.1. The van der Waals surface area contributed by atoms with Gasteiger partial charge in [0.2, 0.25) is 11.8 Å². The summed E-state index contributed by atoms with van der Waals surface area (Å²) in [6, 6.07) is 15.6. The number of anilines is 1. The first-order valence-corrected chi connectivity index (χ1v) is 17.5. The summed E-state index contributed by atoms with van der Waals surface area (Å²) in [4.78, 5) is 36.8. The minimum absolute atomic E-state index is 0. The second-order valence-electron chi connectivity index (χ2n) is 9.31. The molecule has 4 rings (SSSR count). The summed E-state index contributed by atoms with van der Waals surface area (Å²) in [5.41, 5.74) is 5.13. The third-order valence-electron chi connectivity index (χ3n) is 6.62. The molecule has 0 radical (unpaired) electrons. The van der Waals surface area contributed by atoms with Crippen LogP contribution in [0.5, 0.6) is 0 Å². The van der Waals surface area contributed by atoms with Crippen molar-refractivity contribution in [2.45, 2.75) is 86.6 Å². The number of aromatic nitrogens is 3. The van der Waals surface area contributed by atoms with Crippen molar-refractivity contribution < 1.29 is 29.5 Å². The predicted octanol–water partition coefficient (Wildman–Crippen LogP) is 7.54. The zero-order valence-electron chi connectivity index (χ0n) is 28.2. The monoisotopic (exact) mass is 647 g/mol. The first-order chi connectivity index (χ1) is 21.8. The Hall–Kier alpha value is -3.37. The molecule has 11 nitrogen and oxygen atoms in total. The van der Waals surface area contributed by atoms with Gasteiger partial charge in [0, 0.05) is 46.1 Å². The van der Waals surface area contributed by atoms with E-state index in [2.05, 4.69) is 20.2 Å². The number of nitrogens with zero attached hydrogens (tertiary/aromatic N) is 4. The Morgan fingerprint density at radius 1 is 0.933 bits per heavy atom. The summed E-state index contributed by atoms with van der Waals surface area (Å²) in [6.45, 7) is 13.0. The van der Waals surface area contributed by atoms with Crippen LogP contribution in [0.4, 0.5) is 5.69 Å². The predicted molar refractivity (Wildman–Crippen MR) is 183 cm³/mol. The molecule has 0 saturated heterocycles. The van der Waals surface area contributed by atoms with Gasteiger partial charge in [0.05, 0.1) is 24.5 Å². The van der Waals surface area contributed by atoms with E-state index in [0.717, 1.165) is 54.4 Å². The molecule has 12 heteroatoms. The molecule has 0 fully saturated rings. The van der Waals surface area contributed by atoms with E-state index in [4.69, 9.17) is 4.52 Å². The standard InChI is InChI=1S/C27H34N5O6P.3C2H6.H2/c1-31-27-21-12-6-5-11-20(21)19-32(23-14-8-7-13-22(23)26(27)29-30-31)25(34)16-15-24(33)28-17-9-3-4-10-18-38-39(35,36)37-2;3*1-2;/h5-8,11-14H,3-4,9-10,15-19H2,1-2H3,(H,28,33)(H,35,36);3*1-2H3;1H. The summed E-state index contributed by atoms with van der Waals surface area (Å²) in [5.74, 6) is -0.318. The minimum atomic E-state index is -3.92. The fraction of sp³-hybridized carbons (Fsp3) is 0.515. The van der Waals surface area contributed by atoms with Crippen LogP contribution in [0.3, 0.4) is 0 Å². The molecule has 1 aliphatic heterocycles. The van der Waals surface area contributed by atoms with Crippen LogP contribution in [0.1, 0.15) is 87.1 Å². The quantitative estimate of drug-likeness (QED) is 0.152. The van der Waals surface area contributed by atoms with Gasteiger partial charge in [-0.1, -0.05) is 102 Å². The van der Waals surface area contributed by atoms with Crippen LogP contribution < -0.4 is 10.2 Å². The van der Waals surface area contributed by atoms with Gasteiger partial charge in [0.1, 0.15) is 5.69 Å². The van der Waals surface area contributed by atoms with Crippen LogP contribution in [0.2, 0.25) is 0 Å². The third kappa shape index (κ3) is 11.8. The number of hydrogen-bond acceptors (Lipinski definition) is 7. The highest BCUT2D eigenvalue weighted by Gasteiger charge is 2.28. The van der Waals surface area contributed by atoms with Crippen molar-refractivity contribution in [2.75, 3.05) is 25.2 Å². The summed E-state index contributed by atoms with van der Waals surface area (Å²) in [5, 5.41) is 11.5. The lowest BCUT2D eigenvalue weighted by Gasteiger charge is -2.28. The van der Waals surface area contributed by atoms with Crippen molar-refractivity contribution in [1.29, 1.82) is 0 Å². The number of unbranched alkanes of at least 4 members (excludes halogenated alkanes) is 3. The summed E-state index contributed by atoms with van der Waals surface area (Å²) < 4.78 is 22.1. The van der Waals surface area contributed by atoms with Gasteiger partial charge in [-0.15, -0.1) is 5.10 Å². The van der Waals surface area contributed by atoms with E-state index in [-0.39, 0.29) is 32.7 Å². The Morgan fingerprint density at radius 2 is 1.56 bits per heavy atom. The van der Waals surface area contributed by atoms with Crippen molar-refractivity contribution in [1.82, 2.24) is 20.3 Å². The number of hydrogen-bond donors (Lipinski definition) is 2. The molecule has 2 amide bonds. The second-order valence-corrected chi connectivity index (χ2v) is 10.9. The molecule has 2 aromatic carbocycles. The molecule has 0 spiro atoms. The van der Waals surface area contributed by atoms with Crippen LogP contribution in [-0.4, -0.2) is 52.0 Å². The van der Waals surface area contributed by atoms with Crippen molar-refractivity contribution >= 4 is 25.3 Å². The number of rotatable bonds is 12. The average Bonchev–Trinajstić information content (AvgIpc) is 3.46. The Labute approximate surface area is 270 Å². The molecule has 0 bridgehead atoms. The molecule has 1 atom stereocenters. The maximum absolute atomic E-state index is 13.5. The highest BCUT2D eigenvalue weighted by Crippen LogP contribution is 2.42. The van der Waals surface area contributed by atoms with Gasteiger partial charge in [-0.25, -0.2) is 9.25 Å². The Balaban J connectivity index is 0.00000273. The fourth-order valence-electron chi connectivity index (χ4n) is 4.60. The highest BCUT2D eigenvalue weighted by atomic mass is 31.2. The molecule has 1 aliphatic rings. The van der Waals surface area contributed by atoms with Gasteiger partial charge in [-0.05, 0) is 24.5 Å². The summed E-state index contributed by atoms with van der Waals surface area (Å²) in [6.07, 6.45) is 3.17. The van der Waals surface area contributed by atoms with Crippen molar-refractivity contribution in [3.63, 3.8) is 0 Å². The van der Waals surface area contributed by atoms with Crippen LogP contribution in [-0.2, 0) is 36.8 Å². The molecule has 3 aromatic rings. The van der Waals surface area contributed by atoms with Gasteiger partial charge in [-0.2, -0.15) is 0 Å².